The standard InChI is InChI=1S/C17H18ClNO/c1-12-7-13(2)9-16(8-12)19(3)11-17(20)14-5-4-6-15(18)10-14/h4-10H,11H2,1-3H3. The number of ketones is 1. The number of hydrogen-bond donors (Lipinski definition) is 0. The highest BCUT2D eigenvalue weighted by Gasteiger charge is 2.11. The lowest BCUT2D eigenvalue weighted by molar-refractivity contribution is 0.100. The van der Waals surface area contributed by atoms with Crippen molar-refractivity contribution in [3.05, 3.63) is 64.2 Å². The maximum Gasteiger partial charge on any atom is 0.182 e. The molecule has 0 aliphatic carbocycles. The predicted molar refractivity (Wildman–Crippen MR) is 85.0 cm³/mol. The molecule has 3 heteroatoms. The van der Waals surface area contributed by atoms with Gasteiger partial charge in [0.1, 0.15) is 0 Å². The summed E-state index contributed by atoms with van der Waals surface area (Å²) in [5.41, 5.74) is 4.09. The molecule has 0 bridgehead atoms. The van der Waals surface area contributed by atoms with Gasteiger partial charge in [-0.2, -0.15) is 0 Å². The van der Waals surface area contributed by atoms with E-state index < -0.39 is 0 Å². The van der Waals surface area contributed by atoms with Crippen molar-refractivity contribution >= 4 is 23.1 Å². The van der Waals surface area contributed by atoms with E-state index in [1.54, 1.807) is 24.3 Å². The summed E-state index contributed by atoms with van der Waals surface area (Å²) in [6, 6.07) is 13.4. The summed E-state index contributed by atoms with van der Waals surface area (Å²) in [6.07, 6.45) is 0. The first-order chi connectivity index (χ1) is 9.45. The third kappa shape index (κ3) is 3.61. The lowest BCUT2D eigenvalue weighted by atomic mass is 10.1. The van der Waals surface area contributed by atoms with E-state index in [0.717, 1.165) is 5.69 Å². The number of anilines is 1. The summed E-state index contributed by atoms with van der Waals surface area (Å²) in [5, 5.41) is 0.588. The van der Waals surface area contributed by atoms with Crippen LogP contribution in [0.25, 0.3) is 0 Å². The van der Waals surface area contributed by atoms with Crippen molar-refractivity contribution in [3.8, 4) is 0 Å². The number of halogens is 1. The third-order valence-corrected chi connectivity index (χ3v) is 3.41. The Morgan fingerprint density at radius 1 is 1.10 bits per heavy atom. The highest BCUT2D eigenvalue weighted by Crippen LogP contribution is 2.18. The van der Waals surface area contributed by atoms with Crippen LogP contribution in [-0.4, -0.2) is 19.4 Å². The van der Waals surface area contributed by atoms with Crippen molar-refractivity contribution in [3.63, 3.8) is 0 Å². The number of benzene rings is 2. The number of nitrogens with zero attached hydrogens (tertiary/aromatic N) is 1. The van der Waals surface area contributed by atoms with Gasteiger partial charge in [-0.25, -0.2) is 0 Å². The molecule has 0 N–H and O–H groups in total. The van der Waals surface area contributed by atoms with Gasteiger partial charge in [0, 0.05) is 23.3 Å². The number of carbonyl (C=O) groups excluding carboxylic acids is 1. The van der Waals surface area contributed by atoms with E-state index in [1.807, 2.05) is 11.9 Å². The predicted octanol–water partition coefficient (Wildman–Crippen LogP) is 4.28. The summed E-state index contributed by atoms with van der Waals surface area (Å²) >= 11 is 5.92. The first-order valence-corrected chi connectivity index (χ1v) is 6.92. The molecular weight excluding hydrogens is 270 g/mol. The number of Topliss-reactive ketones (excluding diaryl/α,β-unsaturated/α-hetero) is 1. The number of rotatable bonds is 4. The minimum absolute atomic E-state index is 0.0640. The Hall–Kier alpha value is -1.80. The summed E-state index contributed by atoms with van der Waals surface area (Å²) in [7, 11) is 1.93. The average Bonchev–Trinajstić information content (AvgIpc) is 2.37. The Labute approximate surface area is 125 Å². The fraction of sp³-hybridized carbons (Fsp3) is 0.235. The second-order valence-corrected chi connectivity index (χ2v) is 5.57. The van der Waals surface area contributed by atoms with Gasteiger partial charge in [0.15, 0.2) is 5.78 Å². The van der Waals surface area contributed by atoms with Gasteiger partial charge >= 0.3 is 0 Å². The van der Waals surface area contributed by atoms with Crippen molar-refractivity contribution in [2.75, 3.05) is 18.5 Å². The molecule has 0 amide bonds. The van der Waals surface area contributed by atoms with Crippen LogP contribution >= 0.6 is 11.6 Å². The lowest BCUT2D eigenvalue weighted by Crippen LogP contribution is -2.25. The van der Waals surface area contributed by atoms with Crippen LogP contribution in [0, 0.1) is 13.8 Å². The van der Waals surface area contributed by atoms with E-state index in [9.17, 15) is 4.79 Å². The molecule has 0 heterocycles. The zero-order valence-corrected chi connectivity index (χ0v) is 12.7. The Kier molecular flexibility index (Phi) is 4.46. The lowest BCUT2D eigenvalue weighted by Gasteiger charge is -2.19. The van der Waals surface area contributed by atoms with Crippen molar-refractivity contribution in [1.29, 1.82) is 0 Å². The largest absolute Gasteiger partial charge is 0.367 e. The van der Waals surface area contributed by atoms with Crippen LogP contribution in [0.4, 0.5) is 5.69 Å². The zero-order valence-electron chi connectivity index (χ0n) is 12.0. The molecule has 0 aromatic heterocycles. The van der Waals surface area contributed by atoms with E-state index in [1.165, 1.54) is 11.1 Å². The highest BCUT2D eigenvalue weighted by atomic mass is 35.5. The molecule has 0 aliphatic rings. The smallest absolute Gasteiger partial charge is 0.182 e. The molecule has 2 aromatic rings. The summed E-state index contributed by atoms with van der Waals surface area (Å²) < 4.78 is 0. The minimum atomic E-state index is 0.0640. The molecule has 20 heavy (non-hydrogen) atoms. The topological polar surface area (TPSA) is 20.3 Å². The fourth-order valence-electron chi connectivity index (χ4n) is 2.23. The maximum atomic E-state index is 12.3. The van der Waals surface area contributed by atoms with Crippen LogP contribution in [0.1, 0.15) is 21.5 Å². The minimum Gasteiger partial charge on any atom is -0.367 e. The SMILES string of the molecule is Cc1cc(C)cc(N(C)CC(=O)c2cccc(Cl)c2)c1. The Bertz CT molecular complexity index is 616. The van der Waals surface area contributed by atoms with Crippen LogP contribution < -0.4 is 4.90 Å². The first-order valence-electron chi connectivity index (χ1n) is 6.54. The molecular formula is C17H18ClNO. The quantitative estimate of drug-likeness (QED) is 0.783. The van der Waals surface area contributed by atoms with Crippen molar-refractivity contribution < 1.29 is 4.79 Å². The van der Waals surface area contributed by atoms with Crippen molar-refractivity contribution in [2.24, 2.45) is 0 Å². The molecule has 0 unspecified atom stereocenters. The van der Waals surface area contributed by atoms with Gasteiger partial charge in [-0.15, -0.1) is 0 Å². The highest BCUT2D eigenvalue weighted by molar-refractivity contribution is 6.31. The van der Waals surface area contributed by atoms with E-state index in [2.05, 4.69) is 32.0 Å². The summed E-state index contributed by atoms with van der Waals surface area (Å²) in [5.74, 6) is 0.0640. The van der Waals surface area contributed by atoms with Gasteiger partial charge in [-0.3, -0.25) is 4.79 Å². The fourth-order valence-corrected chi connectivity index (χ4v) is 2.42. The molecule has 0 atom stereocenters. The number of hydrogen-bond acceptors (Lipinski definition) is 2. The van der Waals surface area contributed by atoms with Gasteiger partial charge in [-0.05, 0) is 49.2 Å². The Balaban J connectivity index is 2.15. The molecule has 2 aromatic carbocycles. The molecule has 0 radical (unpaired) electrons. The van der Waals surface area contributed by atoms with Gasteiger partial charge < -0.3 is 4.90 Å². The molecule has 2 nitrogen and oxygen atoms in total. The molecule has 104 valence electrons. The second kappa shape index (κ2) is 6.10. The second-order valence-electron chi connectivity index (χ2n) is 5.14. The molecule has 0 aliphatic heterocycles. The first kappa shape index (κ1) is 14.6. The van der Waals surface area contributed by atoms with Crippen LogP contribution in [0.3, 0.4) is 0 Å². The summed E-state index contributed by atoms with van der Waals surface area (Å²) in [6.45, 7) is 4.45. The molecule has 0 saturated carbocycles. The van der Waals surface area contributed by atoms with Crippen LogP contribution in [-0.2, 0) is 0 Å². The van der Waals surface area contributed by atoms with Gasteiger partial charge in [0.25, 0.3) is 0 Å². The number of aryl methyl sites for hydroxylation is 2. The van der Waals surface area contributed by atoms with E-state index in [-0.39, 0.29) is 5.78 Å². The van der Waals surface area contributed by atoms with Crippen molar-refractivity contribution in [1.82, 2.24) is 0 Å². The van der Waals surface area contributed by atoms with Crippen molar-refractivity contribution in [2.45, 2.75) is 13.8 Å². The monoisotopic (exact) mass is 287 g/mol. The zero-order chi connectivity index (χ0) is 14.7. The van der Waals surface area contributed by atoms with Crippen LogP contribution in [0.15, 0.2) is 42.5 Å². The maximum absolute atomic E-state index is 12.3. The molecule has 0 spiro atoms. The number of carbonyl (C=O) groups is 1. The average molecular weight is 288 g/mol. The normalized spacial score (nSPS) is 10.4. The van der Waals surface area contributed by atoms with Gasteiger partial charge in [0.2, 0.25) is 0 Å². The van der Waals surface area contributed by atoms with E-state index in [4.69, 9.17) is 11.6 Å². The molecule has 0 fully saturated rings. The summed E-state index contributed by atoms with van der Waals surface area (Å²) in [4.78, 5) is 14.2. The third-order valence-electron chi connectivity index (χ3n) is 3.17. The molecule has 0 saturated heterocycles. The van der Waals surface area contributed by atoms with E-state index in [0.29, 0.717) is 17.1 Å². The van der Waals surface area contributed by atoms with Gasteiger partial charge in [-0.1, -0.05) is 29.8 Å². The van der Waals surface area contributed by atoms with Crippen LogP contribution in [0.2, 0.25) is 5.02 Å². The Morgan fingerprint density at radius 2 is 1.75 bits per heavy atom. The van der Waals surface area contributed by atoms with Crippen LogP contribution in [0.5, 0.6) is 0 Å². The van der Waals surface area contributed by atoms with Gasteiger partial charge in [0.05, 0.1) is 6.54 Å². The Morgan fingerprint density at radius 3 is 2.35 bits per heavy atom. The number of likely N-dealkylation sites (N-methyl/N-ethyl adjacent to an activating group) is 1. The molecule has 2 rings (SSSR count). The van der Waals surface area contributed by atoms with E-state index >= 15 is 0 Å².